The van der Waals surface area contributed by atoms with Gasteiger partial charge in [-0.15, -0.1) is 5.10 Å². The molecule has 0 N–H and O–H groups in total. The summed E-state index contributed by atoms with van der Waals surface area (Å²) >= 11 is 0. The molecule has 0 aliphatic heterocycles. The van der Waals surface area contributed by atoms with E-state index in [4.69, 9.17) is 0 Å². The van der Waals surface area contributed by atoms with Crippen LogP contribution in [0.5, 0.6) is 0 Å². The summed E-state index contributed by atoms with van der Waals surface area (Å²) in [6.07, 6.45) is 3.15. The number of nitrogens with zero attached hydrogens (tertiary/aromatic N) is 5. The van der Waals surface area contributed by atoms with Crippen LogP contribution in [-0.2, 0) is 14.1 Å². The van der Waals surface area contributed by atoms with Crippen molar-refractivity contribution in [3.63, 3.8) is 0 Å². The second-order valence-electron chi connectivity index (χ2n) is 2.95. The van der Waals surface area contributed by atoms with E-state index in [0.29, 0.717) is 11.4 Å². The Kier molecular flexibility index (Phi) is 1.88. The zero-order valence-corrected chi connectivity index (χ0v) is 7.88. The first-order chi connectivity index (χ1) is 6.68. The van der Waals surface area contributed by atoms with E-state index in [1.807, 2.05) is 0 Å². The van der Waals surface area contributed by atoms with Crippen LogP contribution < -0.4 is 0 Å². The van der Waals surface area contributed by atoms with Gasteiger partial charge in [-0.05, 0) is 6.07 Å². The molecule has 0 amide bonds. The lowest BCUT2D eigenvalue weighted by Gasteiger charge is -1.95. The average Bonchev–Trinajstić information content (AvgIpc) is 2.73. The number of ketones is 1. The summed E-state index contributed by atoms with van der Waals surface area (Å²) in [5.74, 6) is -0.168. The maximum Gasteiger partial charge on any atom is 0.232 e. The maximum absolute atomic E-state index is 11.8. The molecule has 0 saturated heterocycles. The molecule has 0 radical (unpaired) electrons. The first kappa shape index (κ1) is 8.61. The minimum Gasteiger partial charge on any atom is -0.285 e. The van der Waals surface area contributed by atoms with E-state index < -0.39 is 0 Å². The number of aryl methyl sites for hydroxylation is 2. The van der Waals surface area contributed by atoms with Crippen molar-refractivity contribution in [3.05, 3.63) is 29.8 Å². The van der Waals surface area contributed by atoms with E-state index >= 15 is 0 Å². The van der Waals surface area contributed by atoms with E-state index in [-0.39, 0.29) is 5.78 Å². The van der Waals surface area contributed by atoms with Crippen LogP contribution in [0.1, 0.15) is 16.2 Å². The highest BCUT2D eigenvalue weighted by molar-refractivity contribution is 6.06. The first-order valence-electron chi connectivity index (χ1n) is 4.07. The molecule has 0 saturated carbocycles. The molecule has 0 aromatic carbocycles. The Hall–Kier alpha value is -1.98. The van der Waals surface area contributed by atoms with Gasteiger partial charge >= 0.3 is 0 Å². The lowest BCUT2D eigenvalue weighted by atomic mass is 10.2. The summed E-state index contributed by atoms with van der Waals surface area (Å²) in [6, 6.07) is 1.65. The second kappa shape index (κ2) is 3.06. The molecular weight excluding hydrogens is 182 g/mol. The minimum atomic E-state index is -0.168. The van der Waals surface area contributed by atoms with Gasteiger partial charge in [0.2, 0.25) is 5.78 Å². The number of aromatic nitrogens is 5. The SMILES string of the molecule is Cn1cc(C(=O)c2ccnn2C)nn1. The van der Waals surface area contributed by atoms with Gasteiger partial charge < -0.3 is 0 Å². The Balaban J connectivity index is 2.38. The van der Waals surface area contributed by atoms with Crippen molar-refractivity contribution in [3.8, 4) is 0 Å². The molecule has 0 unspecified atom stereocenters. The Labute approximate surface area is 80.1 Å². The highest BCUT2D eigenvalue weighted by atomic mass is 16.1. The lowest BCUT2D eigenvalue weighted by molar-refractivity contribution is 0.102. The van der Waals surface area contributed by atoms with Crippen LogP contribution >= 0.6 is 0 Å². The third-order valence-corrected chi connectivity index (χ3v) is 1.89. The first-order valence-corrected chi connectivity index (χ1v) is 4.07. The number of carbonyl (C=O) groups is 1. The molecule has 0 bridgehead atoms. The molecule has 2 heterocycles. The molecule has 0 aliphatic rings. The Morgan fingerprint density at radius 3 is 2.71 bits per heavy atom. The second-order valence-corrected chi connectivity index (χ2v) is 2.95. The van der Waals surface area contributed by atoms with Crippen LogP contribution in [0.2, 0.25) is 0 Å². The van der Waals surface area contributed by atoms with E-state index in [1.165, 1.54) is 9.36 Å². The molecule has 72 valence electrons. The standard InChI is InChI=1S/C8H9N5O/c1-12-5-6(10-11-12)8(14)7-3-4-9-13(7)2/h3-5H,1-2H3. The minimum absolute atomic E-state index is 0.168. The summed E-state index contributed by atoms with van der Waals surface area (Å²) in [5.41, 5.74) is 0.835. The highest BCUT2D eigenvalue weighted by Gasteiger charge is 2.15. The average molecular weight is 191 g/mol. The Morgan fingerprint density at radius 1 is 1.43 bits per heavy atom. The smallest absolute Gasteiger partial charge is 0.232 e. The van der Waals surface area contributed by atoms with Crippen LogP contribution in [0, 0.1) is 0 Å². The van der Waals surface area contributed by atoms with Gasteiger partial charge in [-0.1, -0.05) is 5.21 Å². The van der Waals surface area contributed by atoms with Gasteiger partial charge in [0.15, 0.2) is 5.69 Å². The van der Waals surface area contributed by atoms with Crippen molar-refractivity contribution in [2.24, 2.45) is 14.1 Å². The van der Waals surface area contributed by atoms with Crippen molar-refractivity contribution in [1.82, 2.24) is 24.8 Å². The largest absolute Gasteiger partial charge is 0.285 e. The zero-order chi connectivity index (χ0) is 10.1. The van der Waals surface area contributed by atoms with Gasteiger partial charge in [0.25, 0.3) is 0 Å². The van der Waals surface area contributed by atoms with E-state index in [0.717, 1.165) is 0 Å². The number of hydrogen-bond acceptors (Lipinski definition) is 4. The van der Waals surface area contributed by atoms with Crippen LogP contribution in [0.4, 0.5) is 0 Å². The molecule has 6 nitrogen and oxygen atoms in total. The topological polar surface area (TPSA) is 65.6 Å². The van der Waals surface area contributed by atoms with Crippen LogP contribution in [-0.4, -0.2) is 30.6 Å². The highest BCUT2D eigenvalue weighted by Crippen LogP contribution is 2.04. The van der Waals surface area contributed by atoms with Gasteiger partial charge in [-0.25, -0.2) is 0 Å². The van der Waals surface area contributed by atoms with E-state index in [1.54, 1.807) is 32.6 Å². The van der Waals surface area contributed by atoms with Crippen molar-refractivity contribution < 1.29 is 4.79 Å². The Morgan fingerprint density at radius 2 is 2.21 bits per heavy atom. The lowest BCUT2D eigenvalue weighted by Crippen LogP contribution is -2.08. The fraction of sp³-hybridized carbons (Fsp3) is 0.250. The molecule has 2 aromatic rings. The van der Waals surface area contributed by atoms with Gasteiger partial charge in [-0.3, -0.25) is 14.2 Å². The molecule has 2 rings (SSSR count). The molecule has 6 heteroatoms. The third kappa shape index (κ3) is 1.30. The van der Waals surface area contributed by atoms with Gasteiger partial charge in [0.1, 0.15) is 5.69 Å². The maximum atomic E-state index is 11.8. The molecule has 14 heavy (non-hydrogen) atoms. The molecule has 0 atom stereocenters. The Bertz CT molecular complexity index is 470. The molecule has 0 fully saturated rings. The van der Waals surface area contributed by atoms with Crippen molar-refractivity contribution in [1.29, 1.82) is 0 Å². The summed E-state index contributed by atoms with van der Waals surface area (Å²) in [4.78, 5) is 11.8. The van der Waals surface area contributed by atoms with Gasteiger partial charge in [0, 0.05) is 20.3 Å². The quantitative estimate of drug-likeness (QED) is 0.615. The number of carbonyl (C=O) groups excluding carboxylic acids is 1. The van der Waals surface area contributed by atoms with Crippen LogP contribution in [0.3, 0.4) is 0 Å². The zero-order valence-electron chi connectivity index (χ0n) is 7.88. The van der Waals surface area contributed by atoms with Crippen molar-refractivity contribution >= 4 is 5.78 Å². The fourth-order valence-corrected chi connectivity index (χ4v) is 1.18. The normalized spacial score (nSPS) is 10.4. The van der Waals surface area contributed by atoms with E-state index in [2.05, 4.69) is 15.4 Å². The summed E-state index contributed by atoms with van der Waals surface area (Å²) in [5, 5.41) is 11.3. The monoisotopic (exact) mass is 191 g/mol. The van der Waals surface area contributed by atoms with Crippen LogP contribution in [0.15, 0.2) is 18.5 Å². The third-order valence-electron chi connectivity index (χ3n) is 1.89. The number of hydrogen-bond donors (Lipinski definition) is 0. The summed E-state index contributed by atoms with van der Waals surface area (Å²) in [7, 11) is 3.43. The van der Waals surface area contributed by atoms with E-state index in [9.17, 15) is 4.79 Å². The van der Waals surface area contributed by atoms with Crippen molar-refractivity contribution in [2.45, 2.75) is 0 Å². The molecule has 2 aromatic heterocycles. The molecule has 0 aliphatic carbocycles. The van der Waals surface area contributed by atoms with Gasteiger partial charge in [-0.2, -0.15) is 5.10 Å². The molecule has 0 spiro atoms. The molecular formula is C8H9N5O. The van der Waals surface area contributed by atoms with Gasteiger partial charge in [0.05, 0.1) is 6.20 Å². The summed E-state index contributed by atoms with van der Waals surface area (Å²) < 4.78 is 3.00. The predicted octanol–water partition coefficient (Wildman–Crippen LogP) is -0.220. The predicted molar refractivity (Wildman–Crippen MR) is 47.6 cm³/mol. The summed E-state index contributed by atoms with van der Waals surface area (Å²) in [6.45, 7) is 0. The number of rotatable bonds is 2. The van der Waals surface area contributed by atoms with Crippen molar-refractivity contribution in [2.75, 3.05) is 0 Å². The van der Waals surface area contributed by atoms with Crippen LogP contribution in [0.25, 0.3) is 0 Å². The fourth-order valence-electron chi connectivity index (χ4n) is 1.18.